The van der Waals surface area contributed by atoms with Gasteiger partial charge in [0, 0.05) is 43.8 Å². The third-order valence-corrected chi connectivity index (χ3v) is 7.40. The molecule has 1 heterocycles. The number of hydrogen-bond donors (Lipinski definition) is 4. The van der Waals surface area contributed by atoms with E-state index in [2.05, 4.69) is 31.9 Å². The summed E-state index contributed by atoms with van der Waals surface area (Å²) >= 11 is 9.67. The van der Waals surface area contributed by atoms with Crippen LogP contribution >= 0.6 is 27.5 Å². The fourth-order valence-electron chi connectivity index (χ4n) is 4.29. The average Bonchev–Trinajstić information content (AvgIpc) is 3.03. The van der Waals surface area contributed by atoms with Gasteiger partial charge in [-0.05, 0) is 49.6 Å². The molecule has 6 nitrogen and oxygen atoms in total. The molecule has 1 atom stereocenters. The van der Waals surface area contributed by atoms with Crippen molar-refractivity contribution in [1.82, 2.24) is 10.6 Å². The van der Waals surface area contributed by atoms with Crippen molar-refractivity contribution in [2.24, 2.45) is 5.41 Å². The number of aliphatic hydroxyl groups is 1. The summed E-state index contributed by atoms with van der Waals surface area (Å²) in [7, 11) is 0. The van der Waals surface area contributed by atoms with E-state index in [1.165, 1.54) is 18.2 Å². The standard InChI is InChI=1S/C23H24BrClFN3O3/c1-22(2,23(32)6-3-7-23)11-27-21(31)28-17-9-12(24)8-15-18(17)19(29-20(15)30)14-10-13(26)4-5-16(14)25/h4-5,8-10,19,32H,3,6-7,11H2,1-2H3,(H,29,30)(H2,27,28,31). The molecular weight excluding hydrogens is 501 g/mol. The minimum Gasteiger partial charge on any atom is -0.389 e. The first kappa shape index (κ1) is 23.0. The number of anilines is 1. The van der Waals surface area contributed by atoms with Crippen LogP contribution in [0.1, 0.15) is 60.6 Å². The van der Waals surface area contributed by atoms with Gasteiger partial charge in [0.2, 0.25) is 0 Å². The van der Waals surface area contributed by atoms with Gasteiger partial charge >= 0.3 is 6.03 Å². The molecule has 0 radical (unpaired) electrons. The van der Waals surface area contributed by atoms with E-state index < -0.39 is 28.9 Å². The third kappa shape index (κ3) is 4.11. The quantitative estimate of drug-likeness (QED) is 0.437. The molecule has 1 aliphatic carbocycles. The highest BCUT2D eigenvalue weighted by Gasteiger charge is 2.47. The molecule has 1 fully saturated rings. The molecule has 170 valence electrons. The summed E-state index contributed by atoms with van der Waals surface area (Å²) in [6.45, 7) is 4.13. The van der Waals surface area contributed by atoms with Crippen molar-refractivity contribution in [1.29, 1.82) is 0 Å². The number of amides is 3. The van der Waals surface area contributed by atoms with Crippen molar-refractivity contribution in [3.05, 3.63) is 62.3 Å². The summed E-state index contributed by atoms with van der Waals surface area (Å²) in [5.41, 5.74) is 0.402. The average molecular weight is 525 g/mol. The second kappa shape index (κ2) is 8.32. The maximum atomic E-state index is 13.9. The van der Waals surface area contributed by atoms with Crippen LogP contribution in [0.4, 0.5) is 14.9 Å². The zero-order valence-electron chi connectivity index (χ0n) is 17.7. The minimum absolute atomic E-state index is 0.280. The number of hydrogen-bond acceptors (Lipinski definition) is 3. The van der Waals surface area contributed by atoms with Crippen LogP contribution in [0.25, 0.3) is 0 Å². The molecule has 0 bridgehead atoms. The molecule has 1 aliphatic heterocycles. The van der Waals surface area contributed by atoms with Crippen LogP contribution < -0.4 is 16.0 Å². The number of nitrogens with one attached hydrogen (secondary N) is 3. The van der Waals surface area contributed by atoms with Crippen molar-refractivity contribution < 1.29 is 19.1 Å². The Morgan fingerprint density at radius 2 is 2.06 bits per heavy atom. The van der Waals surface area contributed by atoms with Crippen molar-refractivity contribution in [3.63, 3.8) is 0 Å². The van der Waals surface area contributed by atoms with Crippen LogP contribution in [0.2, 0.25) is 5.02 Å². The topological polar surface area (TPSA) is 90.5 Å². The molecule has 0 saturated heterocycles. The van der Waals surface area contributed by atoms with Gasteiger partial charge in [-0.3, -0.25) is 4.79 Å². The maximum absolute atomic E-state index is 13.9. The molecule has 0 spiro atoms. The number of carbonyl (C=O) groups is 2. The molecular formula is C23H24BrClFN3O3. The van der Waals surface area contributed by atoms with E-state index in [0.717, 1.165) is 6.42 Å². The first-order valence-corrected chi connectivity index (χ1v) is 11.5. The highest BCUT2D eigenvalue weighted by atomic mass is 79.9. The number of urea groups is 1. The van der Waals surface area contributed by atoms with Crippen LogP contribution in [0, 0.1) is 11.2 Å². The summed E-state index contributed by atoms with van der Waals surface area (Å²) < 4.78 is 14.5. The van der Waals surface area contributed by atoms with Crippen LogP contribution in [0.5, 0.6) is 0 Å². The van der Waals surface area contributed by atoms with E-state index in [0.29, 0.717) is 44.7 Å². The molecule has 2 aromatic rings. The Morgan fingerprint density at radius 3 is 2.72 bits per heavy atom. The summed E-state index contributed by atoms with van der Waals surface area (Å²) in [6.07, 6.45) is 2.40. The SMILES string of the molecule is CC(C)(CNC(=O)Nc1cc(Br)cc2c1C(c1cc(F)ccc1Cl)NC2=O)C1(O)CCC1. The number of halogens is 3. The monoisotopic (exact) mass is 523 g/mol. The summed E-state index contributed by atoms with van der Waals surface area (Å²) in [5.74, 6) is -0.823. The van der Waals surface area contributed by atoms with Crippen molar-refractivity contribution in [3.8, 4) is 0 Å². The maximum Gasteiger partial charge on any atom is 0.319 e. The normalized spacial score (nSPS) is 19.1. The van der Waals surface area contributed by atoms with Crippen molar-refractivity contribution >= 4 is 45.2 Å². The predicted octanol–water partition coefficient (Wildman–Crippen LogP) is 5.14. The molecule has 4 rings (SSSR count). The van der Waals surface area contributed by atoms with Gasteiger partial charge < -0.3 is 21.1 Å². The number of benzene rings is 2. The zero-order chi connectivity index (χ0) is 23.3. The van der Waals surface area contributed by atoms with Gasteiger partial charge in [0.1, 0.15) is 5.82 Å². The molecule has 1 saturated carbocycles. The Hall–Kier alpha value is -2.16. The smallest absolute Gasteiger partial charge is 0.319 e. The number of fused-ring (bicyclic) bond motifs is 1. The van der Waals surface area contributed by atoms with Crippen molar-refractivity contribution in [2.75, 3.05) is 11.9 Å². The van der Waals surface area contributed by atoms with Crippen molar-refractivity contribution in [2.45, 2.75) is 44.8 Å². The predicted molar refractivity (Wildman–Crippen MR) is 124 cm³/mol. The minimum atomic E-state index is -0.785. The van der Waals surface area contributed by atoms with Gasteiger partial charge in [0.15, 0.2) is 0 Å². The summed E-state index contributed by atoms with van der Waals surface area (Å²) in [6, 6.07) is 6.11. The first-order chi connectivity index (χ1) is 15.0. The largest absolute Gasteiger partial charge is 0.389 e. The Bertz CT molecular complexity index is 1100. The van der Waals surface area contributed by atoms with E-state index in [9.17, 15) is 19.1 Å². The Labute approximate surface area is 199 Å². The molecule has 2 aliphatic rings. The highest BCUT2D eigenvalue weighted by molar-refractivity contribution is 9.10. The number of carbonyl (C=O) groups excluding carboxylic acids is 2. The molecule has 1 unspecified atom stereocenters. The first-order valence-electron chi connectivity index (χ1n) is 10.4. The van der Waals surface area contributed by atoms with Gasteiger partial charge in [-0.2, -0.15) is 0 Å². The van der Waals surface area contributed by atoms with Crippen LogP contribution in [-0.2, 0) is 0 Å². The highest BCUT2D eigenvalue weighted by Crippen LogP contribution is 2.45. The molecule has 2 aromatic carbocycles. The second-order valence-corrected chi connectivity index (χ2v) is 10.4. The van der Waals surface area contributed by atoms with Gasteiger partial charge in [-0.25, -0.2) is 9.18 Å². The van der Waals surface area contributed by atoms with Gasteiger partial charge in [-0.1, -0.05) is 41.4 Å². The lowest BCUT2D eigenvalue weighted by molar-refractivity contribution is -0.122. The lowest BCUT2D eigenvalue weighted by Gasteiger charge is -2.49. The molecule has 0 aromatic heterocycles. The van der Waals surface area contributed by atoms with E-state index in [1.54, 1.807) is 12.1 Å². The summed E-state index contributed by atoms with van der Waals surface area (Å²) in [5, 5.41) is 19.4. The molecule has 4 N–H and O–H groups in total. The fourth-order valence-corrected chi connectivity index (χ4v) is 4.98. The van der Waals surface area contributed by atoms with E-state index in [-0.39, 0.29) is 12.5 Å². The Kier molecular flexibility index (Phi) is 5.98. The molecule has 3 amide bonds. The van der Waals surface area contributed by atoms with Gasteiger partial charge in [-0.15, -0.1) is 0 Å². The molecule has 32 heavy (non-hydrogen) atoms. The van der Waals surface area contributed by atoms with Gasteiger partial charge in [0.25, 0.3) is 5.91 Å². The second-order valence-electron chi connectivity index (χ2n) is 9.06. The Morgan fingerprint density at radius 1 is 1.34 bits per heavy atom. The zero-order valence-corrected chi connectivity index (χ0v) is 20.0. The Balaban J connectivity index is 1.60. The van der Waals surface area contributed by atoms with Crippen LogP contribution in [0.15, 0.2) is 34.8 Å². The van der Waals surface area contributed by atoms with E-state index in [1.807, 2.05) is 13.8 Å². The number of rotatable bonds is 5. The third-order valence-electron chi connectivity index (χ3n) is 6.60. The fraction of sp³-hybridized carbons (Fsp3) is 0.391. The molecule has 9 heteroatoms. The van der Waals surface area contributed by atoms with E-state index >= 15 is 0 Å². The lowest BCUT2D eigenvalue weighted by atomic mass is 9.63. The summed E-state index contributed by atoms with van der Waals surface area (Å²) in [4.78, 5) is 25.4. The van der Waals surface area contributed by atoms with Gasteiger partial charge in [0.05, 0.1) is 11.6 Å². The van der Waals surface area contributed by atoms with Crippen LogP contribution in [0.3, 0.4) is 0 Å². The van der Waals surface area contributed by atoms with Crippen LogP contribution in [-0.4, -0.2) is 29.2 Å². The lowest BCUT2D eigenvalue weighted by Crippen LogP contribution is -2.55. The van der Waals surface area contributed by atoms with E-state index in [4.69, 9.17) is 11.6 Å².